The topological polar surface area (TPSA) is 47.6 Å². The summed E-state index contributed by atoms with van der Waals surface area (Å²) in [6, 6.07) is 7.65. The molecule has 0 unspecified atom stereocenters. The Balaban J connectivity index is 2.81. The average molecular weight is 180 g/mol. The molecule has 0 heterocycles. The van der Waals surface area contributed by atoms with E-state index in [-0.39, 0.29) is 0 Å². The van der Waals surface area contributed by atoms with E-state index in [9.17, 15) is 4.79 Å². The smallest absolute Gasteiger partial charge is 0.412 e. The van der Waals surface area contributed by atoms with E-state index in [1.54, 1.807) is 18.2 Å². The van der Waals surface area contributed by atoms with Crippen LogP contribution in [-0.4, -0.2) is 20.3 Å². The van der Waals surface area contributed by atoms with Gasteiger partial charge in [0.2, 0.25) is 0 Å². The molecular formula is C9H10NO3. The zero-order chi connectivity index (χ0) is 9.68. The molecule has 13 heavy (non-hydrogen) atoms. The van der Waals surface area contributed by atoms with Crippen LogP contribution in [0.4, 0.5) is 4.79 Å². The number of amides is 1. The van der Waals surface area contributed by atoms with Gasteiger partial charge in [0.15, 0.2) is 11.5 Å². The summed E-state index contributed by atoms with van der Waals surface area (Å²) in [7, 11) is 2.99. The van der Waals surface area contributed by atoms with Crippen molar-refractivity contribution in [2.75, 3.05) is 14.2 Å². The van der Waals surface area contributed by atoms with E-state index in [0.717, 1.165) is 0 Å². The Morgan fingerprint density at radius 3 is 2.92 bits per heavy atom. The molecule has 0 aromatic heterocycles. The molecule has 0 aliphatic carbocycles. The minimum atomic E-state index is -0.524. The average Bonchev–Trinajstić information content (AvgIpc) is 2.18. The lowest BCUT2D eigenvalue weighted by Crippen LogP contribution is -2.22. The Morgan fingerprint density at radius 2 is 2.31 bits per heavy atom. The fourth-order valence-corrected chi connectivity index (χ4v) is 0.796. The van der Waals surface area contributed by atoms with Gasteiger partial charge in [0.1, 0.15) is 0 Å². The van der Waals surface area contributed by atoms with Crippen LogP contribution in [0, 0.1) is 6.07 Å². The number of benzene rings is 1. The Labute approximate surface area is 76.5 Å². The Hall–Kier alpha value is -1.71. The molecule has 4 heteroatoms. The zero-order valence-electron chi connectivity index (χ0n) is 7.46. The number of hydrogen-bond donors (Lipinski definition) is 1. The third kappa shape index (κ3) is 2.37. The molecule has 1 amide bonds. The number of hydrogen-bond acceptors (Lipinski definition) is 3. The van der Waals surface area contributed by atoms with E-state index in [2.05, 4.69) is 11.4 Å². The second-order valence-electron chi connectivity index (χ2n) is 2.22. The third-order valence-electron chi connectivity index (χ3n) is 1.41. The van der Waals surface area contributed by atoms with Crippen molar-refractivity contribution in [1.29, 1.82) is 0 Å². The van der Waals surface area contributed by atoms with Crippen molar-refractivity contribution in [3.63, 3.8) is 0 Å². The summed E-state index contributed by atoms with van der Waals surface area (Å²) in [5, 5.41) is 2.34. The van der Waals surface area contributed by atoms with E-state index in [1.165, 1.54) is 14.2 Å². The van der Waals surface area contributed by atoms with Crippen molar-refractivity contribution in [1.82, 2.24) is 5.32 Å². The first-order chi connectivity index (χ1) is 6.27. The largest absolute Gasteiger partial charge is 0.493 e. The van der Waals surface area contributed by atoms with Crippen molar-refractivity contribution in [3.05, 3.63) is 24.3 Å². The predicted octanol–water partition coefficient (Wildman–Crippen LogP) is 1.21. The molecule has 1 N–H and O–H groups in total. The van der Waals surface area contributed by atoms with Crippen LogP contribution in [0.1, 0.15) is 0 Å². The standard InChI is InChI=1S/C9H10NO3/c1-10-9(11)13-8-6-4-3-5-7(8)12-2/h4-6H,1-2H3,(H,10,11). The van der Waals surface area contributed by atoms with Crippen molar-refractivity contribution in [2.24, 2.45) is 0 Å². The van der Waals surface area contributed by atoms with Gasteiger partial charge in [0, 0.05) is 7.05 Å². The van der Waals surface area contributed by atoms with Crippen LogP contribution in [0.25, 0.3) is 0 Å². The molecule has 4 nitrogen and oxygen atoms in total. The molecule has 1 aromatic rings. The van der Waals surface area contributed by atoms with Crippen LogP contribution in [0.3, 0.4) is 0 Å². The highest BCUT2D eigenvalue weighted by molar-refractivity contribution is 5.70. The van der Waals surface area contributed by atoms with Gasteiger partial charge in [-0.05, 0) is 18.2 Å². The lowest BCUT2D eigenvalue weighted by atomic mass is 10.3. The van der Waals surface area contributed by atoms with Gasteiger partial charge in [-0.15, -0.1) is 0 Å². The molecule has 1 radical (unpaired) electrons. The van der Waals surface area contributed by atoms with Gasteiger partial charge >= 0.3 is 6.09 Å². The van der Waals surface area contributed by atoms with Crippen molar-refractivity contribution in [2.45, 2.75) is 0 Å². The molecular weight excluding hydrogens is 170 g/mol. The molecule has 69 valence electrons. The van der Waals surface area contributed by atoms with Crippen LogP contribution in [0.15, 0.2) is 18.2 Å². The summed E-state index contributed by atoms with van der Waals surface area (Å²) in [6.45, 7) is 0. The Bertz CT molecular complexity index is 299. The molecule has 0 bridgehead atoms. The molecule has 0 saturated heterocycles. The predicted molar refractivity (Wildman–Crippen MR) is 46.9 cm³/mol. The summed E-state index contributed by atoms with van der Waals surface area (Å²) in [5.74, 6) is 0.853. The number of carbonyl (C=O) groups is 1. The first kappa shape index (κ1) is 9.38. The van der Waals surface area contributed by atoms with Crippen LogP contribution >= 0.6 is 0 Å². The third-order valence-corrected chi connectivity index (χ3v) is 1.41. The van der Waals surface area contributed by atoms with E-state index in [1.807, 2.05) is 0 Å². The van der Waals surface area contributed by atoms with Crippen molar-refractivity contribution in [3.8, 4) is 11.5 Å². The van der Waals surface area contributed by atoms with Crippen molar-refractivity contribution < 1.29 is 14.3 Å². The van der Waals surface area contributed by atoms with Crippen LogP contribution in [-0.2, 0) is 0 Å². The van der Waals surface area contributed by atoms with Crippen LogP contribution < -0.4 is 14.8 Å². The Kier molecular flexibility index (Phi) is 3.14. The Morgan fingerprint density at radius 1 is 1.54 bits per heavy atom. The molecule has 0 spiro atoms. The summed E-state index contributed by atoms with van der Waals surface area (Å²) in [6.07, 6.45) is -0.524. The summed E-state index contributed by atoms with van der Waals surface area (Å²) >= 11 is 0. The quantitative estimate of drug-likeness (QED) is 0.744. The molecule has 0 aliphatic heterocycles. The van der Waals surface area contributed by atoms with Gasteiger partial charge in [-0.2, -0.15) is 0 Å². The molecule has 0 saturated carbocycles. The molecule has 1 aromatic carbocycles. The fraction of sp³-hybridized carbons (Fsp3) is 0.222. The van der Waals surface area contributed by atoms with E-state index in [4.69, 9.17) is 9.47 Å². The van der Waals surface area contributed by atoms with Crippen LogP contribution in [0.2, 0.25) is 0 Å². The van der Waals surface area contributed by atoms with Crippen LogP contribution in [0.5, 0.6) is 11.5 Å². The summed E-state index contributed by atoms with van der Waals surface area (Å²) in [4.78, 5) is 10.9. The highest BCUT2D eigenvalue weighted by Gasteiger charge is 2.06. The minimum Gasteiger partial charge on any atom is -0.493 e. The SMILES string of the molecule is CNC(=O)Oc1cc[c]cc1OC. The zero-order valence-corrected chi connectivity index (χ0v) is 7.46. The molecule has 1 rings (SSSR count). The normalized spacial score (nSPS) is 9.08. The number of ether oxygens (including phenoxy) is 2. The van der Waals surface area contributed by atoms with Gasteiger partial charge in [-0.25, -0.2) is 4.79 Å². The van der Waals surface area contributed by atoms with E-state index in [0.29, 0.717) is 11.5 Å². The summed E-state index contributed by atoms with van der Waals surface area (Å²) in [5.41, 5.74) is 0. The number of carbonyl (C=O) groups excluding carboxylic acids is 1. The molecule has 0 aliphatic rings. The van der Waals surface area contributed by atoms with Crippen molar-refractivity contribution >= 4 is 6.09 Å². The second-order valence-corrected chi connectivity index (χ2v) is 2.22. The first-order valence-corrected chi connectivity index (χ1v) is 3.71. The van der Waals surface area contributed by atoms with E-state index < -0.39 is 6.09 Å². The van der Waals surface area contributed by atoms with E-state index >= 15 is 0 Å². The monoisotopic (exact) mass is 180 g/mol. The maximum absolute atomic E-state index is 10.9. The number of nitrogens with one attached hydrogen (secondary N) is 1. The van der Waals surface area contributed by atoms with Gasteiger partial charge in [0.25, 0.3) is 0 Å². The number of methoxy groups -OCH3 is 1. The number of rotatable bonds is 2. The van der Waals surface area contributed by atoms with Gasteiger partial charge in [-0.3, -0.25) is 0 Å². The second kappa shape index (κ2) is 4.35. The molecule has 0 fully saturated rings. The summed E-state index contributed by atoms with van der Waals surface area (Å²) < 4.78 is 9.84. The molecule has 0 atom stereocenters. The lowest BCUT2D eigenvalue weighted by Gasteiger charge is -2.07. The fourth-order valence-electron chi connectivity index (χ4n) is 0.796. The maximum atomic E-state index is 10.9. The van der Waals surface area contributed by atoms with Gasteiger partial charge < -0.3 is 14.8 Å². The first-order valence-electron chi connectivity index (χ1n) is 3.71. The highest BCUT2D eigenvalue weighted by Crippen LogP contribution is 2.25. The van der Waals surface area contributed by atoms with Gasteiger partial charge in [0.05, 0.1) is 7.11 Å². The highest BCUT2D eigenvalue weighted by atomic mass is 16.6. The minimum absolute atomic E-state index is 0.376. The maximum Gasteiger partial charge on any atom is 0.412 e. The van der Waals surface area contributed by atoms with Gasteiger partial charge in [-0.1, -0.05) is 6.07 Å². The lowest BCUT2D eigenvalue weighted by molar-refractivity contribution is 0.201.